The van der Waals surface area contributed by atoms with E-state index in [9.17, 15) is 22.8 Å². The maximum Gasteiger partial charge on any atom is 0.416 e. The molecule has 8 nitrogen and oxygen atoms in total. The van der Waals surface area contributed by atoms with Crippen LogP contribution < -0.4 is 15.4 Å². The van der Waals surface area contributed by atoms with Crippen molar-refractivity contribution in [2.75, 3.05) is 23.5 Å². The summed E-state index contributed by atoms with van der Waals surface area (Å²) in [5, 5.41) is 13.7. The lowest BCUT2D eigenvalue weighted by Gasteiger charge is -2.11. The van der Waals surface area contributed by atoms with Crippen molar-refractivity contribution in [1.82, 2.24) is 14.8 Å². The Labute approximate surface area is 203 Å². The van der Waals surface area contributed by atoms with Crippen molar-refractivity contribution in [2.45, 2.75) is 24.3 Å². The monoisotopic (exact) mass is 505 g/mol. The molecular formula is C23H22F3N5O3S. The maximum atomic E-state index is 12.9. The Balaban J connectivity index is 1.61. The minimum Gasteiger partial charge on any atom is -0.497 e. The van der Waals surface area contributed by atoms with Crippen LogP contribution in [0.4, 0.5) is 24.5 Å². The van der Waals surface area contributed by atoms with Gasteiger partial charge in [0.1, 0.15) is 11.6 Å². The first kappa shape index (κ1) is 25.8. The van der Waals surface area contributed by atoms with Crippen LogP contribution in [-0.2, 0) is 28.7 Å². The van der Waals surface area contributed by atoms with Crippen molar-refractivity contribution in [3.63, 3.8) is 0 Å². The van der Waals surface area contributed by atoms with Crippen molar-refractivity contribution in [2.24, 2.45) is 0 Å². The minimum atomic E-state index is -4.52. The topological polar surface area (TPSA) is 98.1 Å². The summed E-state index contributed by atoms with van der Waals surface area (Å²) < 4.78 is 45.4. The predicted molar refractivity (Wildman–Crippen MR) is 126 cm³/mol. The number of amides is 2. The number of hydrogen-bond acceptors (Lipinski definition) is 6. The molecule has 1 heterocycles. The summed E-state index contributed by atoms with van der Waals surface area (Å²) in [5.74, 6) is 0.164. The Kier molecular flexibility index (Phi) is 8.53. The summed E-state index contributed by atoms with van der Waals surface area (Å²) in [6.07, 6.45) is -3.16. The van der Waals surface area contributed by atoms with Crippen molar-refractivity contribution < 1.29 is 27.5 Å². The predicted octanol–water partition coefficient (Wildman–Crippen LogP) is 4.40. The zero-order valence-electron chi connectivity index (χ0n) is 18.6. The summed E-state index contributed by atoms with van der Waals surface area (Å²) in [6, 6.07) is 11.2. The molecule has 35 heavy (non-hydrogen) atoms. The largest absolute Gasteiger partial charge is 0.497 e. The van der Waals surface area contributed by atoms with E-state index in [4.69, 9.17) is 4.74 Å². The Bertz CT molecular complexity index is 1200. The van der Waals surface area contributed by atoms with Crippen molar-refractivity contribution >= 4 is 35.0 Å². The Hall–Kier alpha value is -3.80. The van der Waals surface area contributed by atoms with Crippen molar-refractivity contribution in [3.8, 4) is 5.75 Å². The second-order valence-electron chi connectivity index (χ2n) is 7.17. The van der Waals surface area contributed by atoms with E-state index in [1.165, 1.54) is 12.1 Å². The van der Waals surface area contributed by atoms with Crippen LogP contribution in [0.2, 0.25) is 0 Å². The highest BCUT2D eigenvalue weighted by Crippen LogP contribution is 2.30. The average Bonchev–Trinajstić information content (AvgIpc) is 3.19. The van der Waals surface area contributed by atoms with Crippen LogP contribution in [0.5, 0.6) is 5.75 Å². The standard InChI is InChI=1S/C23H22F3N5O3S/c1-3-11-31-19(13-20(32)28-17-6-4-5-15(12-17)23(24,25)26)29-30-22(31)35-14-21(33)27-16-7-9-18(34-2)10-8-16/h3-10,12H,1,11,13-14H2,2H3,(H,27,33)(H,28,32). The van der Waals surface area contributed by atoms with Gasteiger partial charge in [-0.3, -0.25) is 9.59 Å². The van der Waals surface area contributed by atoms with E-state index in [-0.39, 0.29) is 36.1 Å². The van der Waals surface area contributed by atoms with Crippen LogP contribution in [0, 0.1) is 0 Å². The Morgan fingerprint density at radius 3 is 2.46 bits per heavy atom. The number of alkyl halides is 3. The van der Waals surface area contributed by atoms with Gasteiger partial charge in [-0.1, -0.05) is 23.9 Å². The van der Waals surface area contributed by atoms with Crippen LogP contribution in [0.15, 0.2) is 66.3 Å². The molecule has 0 bridgehead atoms. The second kappa shape index (κ2) is 11.6. The fourth-order valence-electron chi connectivity index (χ4n) is 2.99. The highest BCUT2D eigenvalue weighted by atomic mass is 32.2. The number of thioether (sulfide) groups is 1. The summed E-state index contributed by atoms with van der Waals surface area (Å²) in [4.78, 5) is 24.8. The molecule has 0 atom stereocenters. The molecule has 2 amide bonds. The zero-order valence-corrected chi connectivity index (χ0v) is 19.4. The van der Waals surface area contributed by atoms with Gasteiger partial charge in [-0.15, -0.1) is 16.8 Å². The quantitative estimate of drug-likeness (QED) is 0.313. The summed E-state index contributed by atoms with van der Waals surface area (Å²) in [6.45, 7) is 3.96. The maximum absolute atomic E-state index is 12.9. The lowest BCUT2D eigenvalue weighted by molar-refractivity contribution is -0.137. The lowest BCUT2D eigenvalue weighted by atomic mass is 10.2. The number of ether oxygens (including phenoxy) is 1. The first-order chi connectivity index (χ1) is 16.7. The molecule has 0 saturated carbocycles. The highest BCUT2D eigenvalue weighted by Gasteiger charge is 2.30. The first-order valence-electron chi connectivity index (χ1n) is 10.3. The molecule has 0 spiro atoms. The molecule has 0 aliphatic heterocycles. The zero-order chi connectivity index (χ0) is 25.4. The lowest BCUT2D eigenvalue weighted by Crippen LogP contribution is -2.18. The van der Waals surface area contributed by atoms with Gasteiger partial charge in [-0.25, -0.2) is 0 Å². The van der Waals surface area contributed by atoms with E-state index in [0.29, 0.717) is 16.6 Å². The molecule has 0 aliphatic carbocycles. The number of allylic oxidation sites excluding steroid dienone is 1. The van der Waals surface area contributed by atoms with Gasteiger partial charge in [0.05, 0.1) is 24.8 Å². The first-order valence-corrected chi connectivity index (χ1v) is 11.2. The number of rotatable bonds is 10. The van der Waals surface area contributed by atoms with E-state index in [0.717, 1.165) is 23.9 Å². The van der Waals surface area contributed by atoms with Crippen molar-refractivity contribution in [3.05, 3.63) is 72.6 Å². The molecule has 2 aromatic carbocycles. The number of carbonyl (C=O) groups excluding carboxylic acids is 2. The number of methoxy groups -OCH3 is 1. The SMILES string of the molecule is C=CCn1c(CC(=O)Nc2cccc(C(F)(F)F)c2)nnc1SCC(=O)Nc1ccc(OC)cc1. The molecule has 0 radical (unpaired) electrons. The summed E-state index contributed by atoms with van der Waals surface area (Å²) in [7, 11) is 1.55. The van der Waals surface area contributed by atoms with Gasteiger partial charge in [-0.2, -0.15) is 13.2 Å². The summed E-state index contributed by atoms with van der Waals surface area (Å²) >= 11 is 1.13. The number of nitrogens with one attached hydrogen (secondary N) is 2. The van der Waals surface area contributed by atoms with Gasteiger partial charge in [-0.05, 0) is 42.5 Å². The normalized spacial score (nSPS) is 11.1. The number of anilines is 2. The third kappa shape index (κ3) is 7.34. The number of halogens is 3. The highest BCUT2D eigenvalue weighted by molar-refractivity contribution is 7.99. The molecule has 0 saturated heterocycles. The molecule has 12 heteroatoms. The van der Waals surface area contributed by atoms with Gasteiger partial charge < -0.3 is 19.9 Å². The molecule has 3 aromatic rings. The molecule has 1 aromatic heterocycles. The second-order valence-corrected chi connectivity index (χ2v) is 8.11. The molecule has 0 unspecified atom stereocenters. The Morgan fingerprint density at radius 2 is 1.80 bits per heavy atom. The van der Waals surface area contributed by atoms with Crippen LogP contribution in [0.25, 0.3) is 0 Å². The smallest absolute Gasteiger partial charge is 0.416 e. The van der Waals surface area contributed by atoms with Gasteiger partial charge in [0.25, 0.3) is 0 Å². The van der Waals surface area contributed by atoms with E-state index < -0.39 is 17.6 Å². The number of hydrogen-bond donors (Lipinski definition) is 2. The number of aromatic nitrogens is 3. The van der Waals surface area contributed by atoms with E-state index >= 15 is 0 Å². The van der Waals surface area contributed by atoms with Crippen LogP contribution >= 0.6 is 11.8 Å². The van der Waals surface area contributed by atoms with Gasteiger partial charge >= 0.3 is 6.18 Å². The van der Waals surface area contributed by atoms with Gasteiger partial charge in [0.2, 0.25) is 11.8 Å². The molecule has 0 fully saturated rings. The molecule has 184 valence electrons. The third-order valence-corrected chi connectivity index (χ3v) is 5.57. The third-order valence-electron chi connectivity index (χ3n) is 4.60. The number of nitrogens with zero attached hydrogens (tertiary/aromatic N) is 3. The van der Waals surface area contributed by atoms with Crippen LogP contribution in [-0.4, -0.2) is 39.4 Å². The van der Waals surface area contributed by atoms with Gasteiger partial charge in [0.15, 0.2) is 5.16 Å². The minimum absolute atomic E-state index is 0.0180. The summed E-state index contributed by atoms with van der Waals surface area (Å²) in [5.41, 5.74) is -0.239. The van der Waals surface area contributed by atoms with Crippen LogP contribution in [0.3, 0.4) is 0 Å². The average molecular weight is 506 g/mol. The van der Waals surface area contributed by atoms with Crippen LogP contribution in [0.1, 0.15) is 11.4 Å². The molecular weight excluding hydrogens is 483 g/mol. The fourth-order valence-corrected chi connectivity index (χ4v) is 3.76. The van der Waals surface area contributed by atoms with E-state index in [2.05, 4.69) is 27.4 Å². The molecule has 2 N–H and O–H groups in total. The molecule has 0 aliphatic rings. The Morgan fingerprint density at radius 1 is 1.09 bits per heavy atom. The van der Waals surface area contributed by atoms with Crippen molar-refractivity contribution in [1.29, 1.82) is 0 Å². The number of benzene rings is 2. The number of carbonyl (C=O) groups is 2. The van der Waals surface area contributed by atoms with E-state index in [1.807, 2.05) is 0 Å². The van der Waals surface area contributed by atoms with E-state index in [1.54, 1.807) is 42.0 Å². The van der Waals surface area contributed by atoms with Gasteiger partial charge in [0, 0.05) is 17.9 Å². The fraction of sp³-hybridized carbons (Fsp3) is 0.217. The molecule has 3 rings (SSSR count).